The van der Waals surface area contributed by atoms with Crippen LogP contribution in [0.1, 0.15) is 105 Å². The van der Waals surface area contributed by atoms with Crippen molar-refractivity contribution in [2.75, 3.05) is 6.61 Å². The minimum absolute atomic E-state index is 0.0105. The second kappa shape index (κ2) is 10.4. The number of benzene rings is 1. The van der Waals surface area contributed by atoms with Crippen molar-refractivity contribution in [2.45, 2.75) is 118 Å². The molecule has 5 aliphatic carbocycles. The van der Waals surface area contributed by atoms with E-state index in [1.165, 1.54) is 18.1 Å². The van der Waals surface area contributed by atoms with Crippen LogP contribution < -0.4 is 0 Å². The summed E-state index contributed by atoms with van der Waals surface area (Å²) in [6, 6.07) is 6.53. The molecule has 0 unspecified atom stereocenters. The zero-order chi connectivity index (χ0) is 31.9. The van der Waals surface area contributed by atoms with Gasteiger partial charge in [0.2, 0.25) is 0 Å². The molecule has 242 valence electrons. The number of aliphatic hydroxyl groups is 3. The summed E-state index contributed by atoms with van der Waals surface area (Å²) in [5, 5.41) is 44.2. The molecule has 4 fully saturated rings. The number of carbonyl (C=O) groups is 1. The molecule has 5 aliphatic rings. The van der Waals surface area contributed by atoms with E-state index in [0.29, 0.717) is 6.42 Å². The molecule has 0 heterocycles. The molecule has 10 atom stereocenters. The summed E-state index contributed by atoms with van der Waals surface area (Å²) < 4.78 is 5.97. The molecule has 1 spiro atoms. The van der Waals surface area contributed by atoms with Crippen LogP contribution in [0.15, 0.2) is 42.0 Å². The van der Waals surface area contributed by atoms with E-state index in [1.807, 2.05) is 6.92 Å². The molecule has 6 nitrogen and oxygen atoms in total. The molecule has 1 aromatic rings. The highest BCUT2D eigenvalue weighted by molar-refractivity contribution is 5.87. The Morgan fingerprint density at radius 2 is 1.64 bits per heavy atom. The third-order valence-electron chi connectivity index (χ3n) is 14.2. The fraction of sp³-hybridized carbons (Fsp3) is 0.711. The summed E-state index contributed by atoms with van der Waals surface area (Å²) in [4.78, 5) is 13.0. The summed E-state index contributed by atoms with van der Waals surface area (Å²) in [7, 11) is 0. The summed E-state index contributed by atoms with van der Waals surface area (Å²) in [6.07, 6.45) is 11.9. The smallest absolute Gasteiger partial charge is 0.331 e. The number of carbonyl (C=O) groups excluding carboxylic acids is 1. The second-order valence-corrected chi connectivity index (χ2v) is 17.1. The number of aromatic hydroxyl groups is 1. The van der Waals surface area contributed by atoms with Crippen molar-refractivity contribution in [3.05, 3.63) is 47.6 Å². The predicted molar refractivity (Wildman–Crippen MR) is 171 cm³/mol. The maximum atomic E-state index is 13.0. The van der Waals surface area contributed by atoms with Gasteiger partial charge in [-0.05, 0) is 121 Å². The van der Waals surface area contributed by atoms with E-state index in [-0.39, 0.29) is 51.3 Å². The first-order valence-corrected chi connectivity index (χ1v) is 16.9. The average molecular weight is 607 g/mol. The number of phenols is 1. The third kappa shape index (κ3) is 4.56. The number of aliphatic hydroxyl groups excluding tert-OH is 3. The topological polar surface area (TPSA) is 107 Å². The molecule has 6 heteroatoms. The molecular formula is C38H54O6. The molecule has 0 bridgehead atoms. The van der Waals surface area contributed by atoms with Gasteiger partial charge < -0.3 is 25.2 Å². The van der Waals surface area contributed by atoms with Crippen LogP contribution in [0.5, 0.6) is 5.75 Å². The molecule has 0 aromatic heterocycles. The van der Waals surface area contributed by atoms with Crippen LogP contribution in [-0.2, 0) is 9.53 Å². The molecule has 4 saturated carbocycles. The van der Waals surface area contributed by atoms with Crippen LogP contribution in [0, 0.1) is 44.3 Å². The number of phenolic OH excluding ortho intramolecular Hbond substituents is 1. The molecule has 0 radical (unpaired) electrons. The van der Waals surface area contributed by atoms with Gasteiger partial charge in [0.1, 0.15) is 11.9 Å². The maximum absolute atomic E-state index is 13.0. The fourth-order valence-electron chi connectivity index (χ4n) is 11.8. The maximum Gasteiger partial charge on any atom is 0.331 e. The lowest BCUT2D eigenvalue weighted by molar-refractivity contribution is -0.249. The van der Waals surface area contributed by atoms with Crippen LogP contribution in [0.4, 0.5) is 0 Å². The van der Waals surface area contributed by atoms with E-state index in [2.05, 4.69) is 40.7 Å². The van der Waals surface area contributed by atoms with Gasteiger partial charge in [-0.3, -0.25) is 0 Å². The molecule has 44 heavy (non-hydrogen) atoms. The Balaban J connectivity index is 1.27. The van der Waals surface area contributed by atoms with Gasteiger partial charge in [-0.2, -0.15) is 0 Å². The van der Waals surface area contributed by atoms with Crippen LogP contribution in [0.2, 0.25) is 0 Å². The minimum atomic E-state index is -0.902. The molecule has 0 aliphatic heterocycles. The first kappa shape index (κ1) is 31.8. The van der Waals surface area contributed by atoms with E-state index >= 15 is 0 Å². The summed E-state index contributed by atoms with van der Waals surface area (Å²) in [5.41, 5.74) is 1.04. The lowest BCUT2D eigenvalue weighted by Gasteiger charge is -2.71. The van der Waals surface area contributed by atoms with E-state index in [9.17, 15) is 25.2 Å². The largest absolute Gasteiger partial charge is 0.508 e. The van der Waals surface area contributed by atoms with Gasteiger partial charge in [-0.1, -0.05) is 59.8 Å². The van der Waals surface area contributed by atoms with E-state index < -0.39 is 29.7 Å². The third-order valence-corrected chi connectivity index (χ3v) is 14.2. The zero-order valence-electron chi connectivity index (χ0n) is 27.6. The van der Waals surface area contributed by atoms with Gasteiger partial charge in [0.15, 0.2) is 0 Å². The summed E-state index contributed by atoms with van der Waals surface area (Å²) in [5.74, 6) is -0.0609. The quantitative estimate of drug-likeness (QED) is 0.171. The van der Waals surface area contributed by atoms with E-state index in [0.717, 1.165) is 50.5 Å². The molecule has 0 amide bonds. The molecule has 4 N–H and O–H groups in total. The number of ether oxygens (including phenoxy) is 1. The van der Waals surface area contributed by atoms with Crippen molar-refractivity contribution < 1.29 is 30.0 Å². The Kier molecular flexibility index (Phi) is 7.54. The number of hydrogen-bond donors (Lipinski definition) is 4. The second-order valence-electron chi connectivity index (χ2n) is 17.1. The number of esters is 1. The molecule has 0 saturated heterocycles. The lowest BCUT2D eigenvalue weighted by atomic mass is 9.34. The lowest BCUT2D eigenvalue weighted by Crippen LogP contribution is -2.68. The average Bonchev–Trinajstić information content (AvgIpc) is 3.28. The Labute approximate surface area is 263 Å². The van der Waals surface area contributed by atoms with Crippen molar-refractivity contribution >= 4 is 12.0 Å². The van der Waals surface area contributed by atoms with Gasteiger partial charge in [0.25, 0.3) is 0 Å². The Hall–Kier alpha value is -2.15. The van der Waals surface area contributed by atoms with Crippen molar-refractivity contribution in [3.8, 4) is 5.75 Å². The van der Waals surface area contributed by atoms with Gasteiger partial charge in [0.05, 0.1) is 18.8 Å². The van der Waals surface area contributed by atoms with Crippen molar-refractivity contribution in [1.29, 1.82) is 0 Å². The van der Waals surface area contributed by atoms with Crippen LogP contribution in [0.25, 0.3) is 6.08 Å². The Morgan fingerprint density at radius 3 is 2.27 bits per heavy atom. The van der Waals surface area contributed by atoms with Gasteiger partial charge in [-0.25, -0.2) is 4.79 Å². The highest BCUT2D eigenvalue weighted by atomic mass is 16.6. The highest BCUT2D eigenvalue weighted by Gasteiger charge is 2.70. The highest BCUT2D eigenvalue weighted by Crippen LogP contribution is 2.75. The Bertz CT molecular complexity index is 1350. The molecule has 1 aromatic carbocycles. The number of fused-ring (bicyclic) bond motifs is 5. The van der Waals surface area contributed by atoms with Gasteiger partial charge in [0, 0.05) is 16.9 Å². The van der Waals surface area contributed by atoms with Crippen LogP contribution in [0.3, 0.4) is 0 Å². The predicted octanol–water partition coefficient (Wildman–Crippen LogP) is 6.81. The number of rotatable bonds is 4. The van der Waals surface area contributed by atoms with Crippen LogP contribution >= 0.6 is 0 Å². The normalized spacial score (nSPS) is 46.2. The van der Waals surface area contributed by atoms with Gasteiger partial charge >= 0.3 is 5.97 Å². The SMILES string of the molecule is CC1(C)CC[C@]2(CC[C@]3(C)C(=CC[C@@H]4[C@@]5(C)C[C@@H](O)[C@H](OC(=O)/C=C\c6ccc(O)cc6)[C@@](C)(CO)[C@@H]5CC[C@]43C)[C@H]2O)C1. The minimum Gasteiger partial charge on any atom is -0.508 e. The van der Waals surface area contributed by atoms with E-state index in [4.69, 9.17) is 4.74 Å². The van der Waals surface area contributed by atoms with Crippen molar-refractivity contribution in [2.24, 2.45) is 44.3 Å². The summed E-state index contributed by atoms with van der Waals surface area (Å²) in [6.45, 7) is 13.7. The molecular weight excluding hydrogens is 552 g/mol. The van der Waals surface area contributed by atoms with Crippen molar-refractivity contribution in [1.82, 2.24) is 0 Å². The first-order valence-electron chi connectivity index (χ1n) is 16.9. The summed E-state index contributed by atoms with van der Waals surface area (Å²) >= 11 is 0. The first-order chi connectivity index (χ1) is 20.5. The molecule has 6 rings (SSSR count). The standard InChI is InChI=1S/C38H54O6/c1-33(2)17-19-38(22-33)20-18-36(5)26(31(38)43)12-13-29-34(3)21-27(41)32(35(4,23-39)28(34)15-16-37(29,36)6)44-30(42)14-9-24-7-10-25(40)11-8-24/h7-12,14,27-29,31-32,39-41,43H,13,15-23H2,1-6H3/b14-9-/t27-,28-,29-,31-,32+,34+,35+,36-,37-,38+/m1/s1. The Morgan fingerprint density at radius 1 is 0.955 bits per heavy atom. The van der Waals surface area contributed by atoms with E-state index in [1.54, 1.807) is 30.3 Å². The monoisotopic (exact) mass is 606 g/mol. The fourth-order valence-corrected chi connectivity index (χ4v) is 11.8. The van der Waals surface area contributed by atoms with Gasteiger partial charge in [-0.15, -0.1) is 0 Å². The number of hydrogen-bond acceptors (Lipinski definition) is 6. The zero-order valence-corrected chi connectivity index (χ0v) is 27.6. The van der Waals surface area contributed by atoms with Crippen molar-refractivity contribution in [3.63, 3.8) is 0 Å². The van der Waals surface area contributed by atoms with Crippen LogP contribution in [-0.4, -0.2) is 51.3 Å². The number of allylic oxidation sites excluding steroid dienone is 1.